The standard InChI is InChI=1S/C22H18FN3O/c1-13-10-19-20(11-14(13)2)26-21(25-19)15-6-8-18(9-7-15)24-22(27)16-4-3-5-17(23)12-16/h3-12H,1-2H3,(H,24,27)(H,25,26). The number of H-pyrrole nitrogens is 1. The summed E-state index contributed by atoms with van der Waals surface area (Å²) in [6, 6.07) is 17.1. The van der Waals surface area contributed by atoms with E-state index in [0.717, 1.165) is 22.4 Å². The summed E-state index contributed by atoms with van der Waals surface area (Å²) in [6.07, 6.45) is 0. The first-order valence-corrected chi connectivity index (χ1v) is 8.64. The van der Waals surface area contributed by atoms with E-state index >= 15 is 0 Å². The van der Waals surface area contributed by atoms with Crippen LogP contribution in [0.15, 0.2) is 60.7 Å². The van der Waals surface area contributed by atoms with E-state index in [2.05, 4.69) is 41.3 Å². The van der Waals surface area contributed by atoms with E-state index in [0.29, 0.717) is 5.69 Å². The van der Waals surface area contributed by atoms with Gasteiger partial charge in [0, 0.05) is 16.8 Å². The second-order valence-corrected chi connectivity index (χ2v) is 6.58. The number of nitrogens with zero attached hydrogens (tertiary/aromatic N) is 1. The third-order valence-corrected chi connectivity index (χ3v) is 4.60. The molecule has 5 heteroatoms. The molecule has 134 valence electrons. The lowest BCUT2D eigenvalue weighted by Crippen LogP contribution is -2.11. The van der Waals surface area contributed by atoms with Crippen molar-refractivity contribution in [2.75, 3.05) is 5.32 Å². The van der Waals surface area contributed by atoms with Crippen LogP contribution in [0.5, 0.6) is 0 Å². The number of carbonyl (C=O) groups is 1. The molecule has 1 aromatic heterocycles. The molecule has 0 spiro atoms. The van der Waals surface area contributed by atoms with Crippen molar-refractivity contribution in [3.05, 3.63) is 83.2 Å². The predicted molar refractivity (Wildman–Crippen MR) is 105 cm³/mol. The van der Waals surface area contributed by atoms with Crippen molar-refractivity contribution in [2.24, 2.45) is 0 Å². The molecule has 2 N–H and O–H groups in total. The number of hydrogen-bond donors (Lipinski definition) is 2. The molecular formula is C22H18FN3O. The third kappa shape index (κ3) is 3.44. The van der Waals surface area contributed by atoms with E-state index < -0.39 is 5.82 Å². The molecule has 0 unspecified atom stereocenters. The van der Waals surface area contributed by atoms with Crippen molar-refractivity contribution in [3.63, 3.8) is 0 Å². The first kappa shape index (κ1) is 17.0. The van der Waals surface area contributed by atoms with Crippen LogP contribution in [0.3, 0.4) is 0 Å². The molecule has 27 heavy (non-hydrogen) atoms. The van der Waals surface area contributed by atoms with E-state index in [1.165, 1.54) is 29.3 Å². The predicted octanol–water partition coefficient (Wildman–Crippen LogP) is 5.24. The Hall–Kier alpha value is -3.47. The lowest BCUT2D eigenvalue weighted by molar-refractivity contribution is 0.102. The highest BCUT2D eigenvalue weighted by Gasteiger charge is 2.09. The van der Waals surface area contributed by atoms with Gasteiger partial charge < -0.3 is 10.3 Å². The number of anilines is 1. The Bertz CT molecular complexity index is 1110. The van der Waals surface area contributed by atoms with Gasteiger partial charge in [0.15, 0.2) is 0 Å². The summed E-state index contributed by atoms with van der Waals surface area (Å²) >= 11 is 0. The van der Waals surface area contributed by atoms with E-state index in [4.69, 9.17) is 0 Å². The van der Waals surface area contributed by atoms with E-state index in [1.807, 2.05) is 12.1 Å². The molecule has 0 saturated heterocycles. The zero-order chi connectivity index (χ0) is 19.0. The Morgan fingerprint density at radius 2 is 1.74 bits per heavy atom. The van der Waals surface area contributed by atoms with Crippen molar-refractivity contribution in [1.82, 2.24) is 9.97 Å². The maximum absolute atomic E-state index is 13.3. The molecule has 0 aliphatic heterocycles. The highest BCUT2D eigenvalue weighted by molar-refractivity contribution is 6.04. The van der Waals surface area contributed by atoms with Crippen LogP contribution in [0.4, 0.5) is 10.1 Å². The number of aromatic amines is 1. The Balaban J connectivity index is 1.56. The summed E-state index contributed by atoms with van der Waals surface area (Å²) in [4.78, 5) is 20.2. The van der Waals surface area contributed by atoms with Crippen LogP contribution in [-0.4, -0.2) is 15.9 Å². The Labute approximate surface area is 156 Å². The molecule has 1 heterocycles. The van der Waals surface area contributed by atoms with Gasteiger partial charge in [0.1, 0.15) is 11.6 Å². The number of rotatable bonds is 3. The molecule has 0 aliphatic rings. The largest absolute Gasteiger partial charge is 0.338 e. The SMILES string of the molecule is Cc1cc2nc(-c3ccc(NC(=O)c4cccc(F)c4)cc3)[nH]c2cc1C. The molecule has 4 aromatic rings. The number of nitrogens with one attached hydrogen (secondary N) is 2. The van der Waals surface area contributed by atoms with Crippen LogP contribution >= 0.6 is 0 Å². The van der Waals surface area contributed by atoms with Gasteiger partial charge in [0.25, 0.3) is 5.91 Å². The minimum atomic E-state index is -0.437. The monoisotopic (exact) mass is 359 g/mol. The van der Waals surface area contributed by atoms with Gasteiger partial charge in [-0.25, -0.2) is 9.37 Å². The third-order valence-electron chi connectivity index (χ3n) is 4.60. The molecule has 3 aromatic carbocycles. The van der Waals surface area contributed by atoms with Crippen LogP contribution in [0.2, 0.25) is 0 Å². The Morgan fingerprint density at radius 3 is 2.48 bits per heavy atom. The van der Waals surface area contributed by atoms with Crippen molar-refractivity contribution in [3.8, 4) is 11.4 Å². The van der Waals surface area contributed by atoms with Crippen molar-refractivity contribution in [1.29, 1.82) is 0 Å². The van der Waals surface area contributed by atoms with Crippen molar-refractivity contribution in [2.45, 2.75) is 13.8 Å². The molecule has 4 rings (SSSR count). The number of imidazole rings is 1. The van der Waals surface area contributed by atoms with Gasteiger partial charge in [-0.2, -0.15) is 0 Å². The number of carbonyl (C=O) groups excluding carboxylic acids is 1. The minimum Gasteiger partial charge on any atom is -0.338 e. The van der Waals surface area contributed by atoms with Crippen LogP contribution in [0, 0.1) is 19.7 Å². The lowest BCUT2D eigenvalue weighted by Gasteiger charge is -2.06. The number of halogens is 1. The molecule has 0 atom stereocenters. The fraction of sp³-hybridized carbons (Fsp3) is 0.0909. The zero-order valence-electron chi connectivity index (χ0n) is 15.0. The molecular weight excluding hydrogens is 341 g/mol. The van der Waals surface area contributed by atoms with Gasteiger partial charge in [-0.1, -0.05) is 6.07 Å². The van der Waals surface area contributed by atoms with Gasteiger partial charge >= 0.3 is 0 Å². The summed E-state index contributed by atoms with van der Waals surface area (Å²) in [5.74, 6) is -0.0108. The Kier molecular flexibility index (Phi) is 4.20. The van der Waals surface area contributed by atoms with Gasteiger partial charge in [-0.05, 0) is 79.6 Å². The summed E-state index contributed by atoms with van der Waals surface area (Å²) < 4.78 is 13.3. The molecule has 1 amide bonds. The fourth-order valence-corrected chi connectivity index (χ4v) is 2.95. The maximum Gasteiger partial charge on any atom is 0.255 e. The first-order chi connectivity index (χ1) is 13.0. The van der Waals surface area contributed by atoms with E-state index in [-0.39, 0.29) is 11.5 Å². The summed E-state index contributed by atoms with van der Waals surface area (Å²) in [5, 5.41) is 2.77. The van der Waals surface area contributed by atoms with E-state index in [9.17, 15) is 9.18 Å². The second-order valence-electron chi connectivity index (χ2n) is 6.58. The number of fused-ring (bicyclic) bond motifs is 1. The highest BCUT2D eigenvalue weighted by Crippen LogP contribution is 2.24. The molecule has 0 fully saturated rings. The maximum atomic E-state index is 13.3. The summed E-state index contributed by atoms with van der Waals surface area (Å²) in [5.41, 5.74) is 6.18. The average molecular weight is 359 g/mol. The topological polar surface area (TPSA) is 57.8 Å². The summed E-state index contributed by atoms with van der Waals surface area (Å²) in [7, 11) is 0. The number of benzene rings is 3. The van der Waals surface area contributed by atoms with Crippen LogP contribution in [-0.2, 0) is 0 Å². The number of aryl methyl sites for hydroxylation is 2. The quantitative estimate of drug-likeness (QED) is 0.526. The van der Waals surface area contributed by atoms with Gasteiger partial charge in [0.05, 0.1) is 11.0 Å². The molecule has 0 bridgehead atoms. The molecule has 0 aliphatic carbocycles. The fourth-order valence-electron chi connectivity index (χ4n) is 2.95. The number of amides is 1. The normalized spacial score (nSPS) is 10.9. The number of aromatic nitrogens is 2. The first-order valence-electron chi connectivity index (χ1n) is 8.64. The minimum absolute atomic E-state index is 0.280. The van der Waals surface area contributed by atoms with Crippen molar-refractivity contribution < 1.29 is 9.18 Å². The highest BCUT2D eigenvalue weighted by atomic mass is 19.1. The molecule has 0 saturated carbocycles. The van der Waals surface area contributed by atoms with Crippen LogP contribution in [0.1, 0.15) is 21.5 Å². The van der Waals surface area contributed by atoms with E-state index in [1.54, 1.807) is 18.2 Å². The van der Waals surface area contributed by atoms with Crippen LogP contribution < -0.4 is 5.32 Å². The van der Waals surface area contributed by atoms with Crippen LogP contribution in [0.25, 0.3) is 22.4 Å². The Morgan fingerprint density at radius 1 is 1.00 bits per heavy atom. The average Bonchev–Trinajstić information content (AvgIpc) is 3.05. The lowest BCUT2D eigenvalue weighted by atomic mass is 10.1. The number of hydrogen-bond acceptors (Lipinski definition) is 2. The zero-order valence-corrected chi connectivity index (χ0v) is 15.0. The van der Waals surface area contributed by atoms with Gasteiger partial charge in [-0.15, -0.1) is 0 Å². The van der Waals surface area contributed by atoms with Gasteiger partial charge in [-0.3, -0.25) is 4.79 Å². The molecule has 0 radical (unpaired) electrons. The summed E-state index contributed by atoms with van der Waals surface area (Å²) in [6.45, 7) is 4.14. The smallest absolute Gasteiger partial charge is 0.255 e. The molecule has 4 nitrogen and oxygen atoms in total. The second kappa shape index (κ2) is 6.68. The van der Waals surface area contributed by atoms with Crippen molar-refractivity contribution >= 4 is 22.6 Å². The van der Waals surface area contributed by atoms with Gasteiger partial charge in [0.2, 0.25) is 0 Å².